The van der Waals surface area contributed by atoms with E-state index in [4.69, 9.17) is 14.7 Å². The van der Waals surface area contributed by atoms with Gasteiger partial charge in [-0.3, -0.25) is 4.99 Å². The molecule has 5 aliphatic carbocycles. The fraction of sp³-hybridized carbons (Fsp3) is 0.306. The lowest BCUT2D eigenvalue weighted by atomic mass is 9.58. The van der Waals surface area contributed by atoms with Crippen molar-refractivity contribution in [3.05, 3.63) is 190 Å². The number of allylic oxidation sites excluding steroid dienone is 15. The van der Waals surface area contributed by atoms with Gasteiger partial charge in [0.1, 0.15) is 23.7 Å². The summed E-state index contributed by atoms with van der Waals surface area (Å²) < 4.78 is 6.79. The summed E-state index contributed by atoms with van der Waals surface area (Å²) in [5, 5.41) is 0. The van der Waals surface area contributed by atoms with Crippen LogP contribution in [0.4, 0.5) is 0 Å². The summed E-state index contributed by atoms with van der Waals surface area (Å²) in [6.07, 6.45) is 38.6. The largest absolute Gasteiger partial charge is 0.490 e. The minimum absolute atomic E-state index is 0.0652. The van der Waals surface area contributed by atoms with E-state index in [1.807, 2.05) is 0 Å². The number of nitrogens with zero attached hydrogens (tertiary/aromatic N) is 2. The molecule has 3 nitrogen and oxygen atoms in total. The first-order chi connectivity index (χ1) is 25.5. The molecule has 9 rings (SSSR count). The third-order valence-electron chi connectivity index (χ3n) is 12.2. The first-order valence-electron chi connectivity index (χ1n) is 19.5. The lowest BCUT2D eigenvalue weighted by Crippen LogP contribution is -2.44. The highest BCUT2D eigenvalue weighted by Gasteiger charge is 2.50. The van der Waals surface area contributed by atoms with Crippen molar-refractivity contribution in [1.82, 2.24) is 0 Å². The van der Waals surface area contributed by atoms with E-state index in [1.165, 1.54) is 52.0 Å². The second-order valence-corrected chi connectivity index (χ2v) is 15.5. The number of rotatable bonds is 6. The number of amidine groups is 1. The summed E-state index contributed by atoms with van der Waals surface area (Å²) in [6.45, 7) is 6.95. The van der Waals surface area contributed by atoms with Gasteiger partial charge < -0.3 is 4.74 Å². The third kappa shape index (κ3) is 5.57. The average molecular weight is 681 g/mol. The zero-order chi connectivity index (χ0) is 35.1. The van der Waals surface area contributed by atoms with Crippen LogP contribution >= 0.6 is 0 Å². The summed E-state index contributed by atoms with van der Waals surface area (Å²) in [7, 11) is 0. The molecule has 2 aliphatic heterocycles. The zero-order valence-corrected chi connectivity index (χ0v) is 30.4. The van der Waals surface area contributed by atoms with Crippen LogP contribution in [-0.2, 0) is 10.2 Å². The van der Waals surface area contributed by atoms with Crippen molar-refractivity contribution in [3.8, 4) is 0 Å². The highest BCUT2D eigenvalue weighted by Crippen LogP contribution is 2.56. The van der Waals surface area contributed by atoms with Gasteiger partial charge in [0.25, 0.3) is 0 Å². The Bertz CT molecular complexity index is 2140. The van der Waals surface area contributed by atoms with Crippen LogP contribution in [0.3, 0.4) is 0 Å². The molecule has 3 heteroatoms. The topological polar surface area (TPSA) is 34.0 Å². The molecule has 260 valence electrons. The van der Waals surface area contributed by atoms with Crippen LogP contribution in [0.1, 0.15) is 93.9 Å². The smallest absolute Gasteiger partial charge is 0.135 e. The SMILES string of the molecule is C=C1C(c2ccc(C3(C4=CCCCC4)C4=CC=CCC4OC4=C3C=CCC4)cc2)=NC(C2(C)C=CC(C3=CC=CCC3)=CC2)=N[C@H]1c1ccccc1. The lowest BCUT2D eigenvalue weighted by molar-refractivity contribution is 0.109. The van der Waals surface area contributed by atoms with Gasteiger partial charge in [0, 0.05) is 35.0 Å². The predicted molar refractivity (Wildman–Crippen MR) is 215 cm³/mol. The molecule has 0 spiro atoms. The fourth-order valence-electron chi connectivity index (χ4n) is 9.39. The molecule has 7 aliphatic rings. The van der Waals surface area contributed by atoms with Gasteiger partial charge in [-0.2, -0.15) is 0 Å². The second kappa shape index (κ2) is 13.5. The van der Waals surface area contributed by atoms with Crippen LogP contribution < -0.4 is 0 Å². The average Bonchev–Trinajstić information content (AvgIpc) is 3.21. The van der Waals surface area contributed by atoms with E-state index in [9.17, 15) is 0 Å². The predicted octanol–water partition coefficient (Wildman–Crippen LogP) is 12.0. The number of hydrogen-bond acceptors (Lipinski definition) is 3. The van der Waals surface area contributed by atoms with Crippen LogP contribution in [0.5, 0.6) is 0 Å². The molecule has 3 unspecified atom stereocenters. The Morgan fingerprint density at radius 3 is 2.44 bits per heavy atom. The molecule has 0 fully saturated rings. The van der Waals surface area contributed by atoms with E-state index >= 15 is 0 Å². The Kier molecular flexibility index (Phi) is 8.54. The molecule has 0 saturated heterocycles. The third-order valence-corrected chi connectivity index (χ3v) is 12.2. The van der Waals surface area contributed by atoms with Crippen molar-refractivity contribution < 1.29 is 4.74 Å². The van der Waals surface area contributed by atoms with Gasteiger partial charge in [0.05, 0.1) is 11.1 Å². The number of ether oxygens (including phenoxy) is 1. The monoisotopic (exact) mass is 680 g/mol. The van der Waals surface area contributed by atoms with Gasteiger partial charge in [-0.15, -0.1) is 0 Å². The van der Waals surface area contributed by atoms with Crippen molar-refractivity contribution in [2.75, 3.05) is 0 Å². The van der Waals surface area contributed by atoms with Gasteiger partial charge in [-0.1, -0.05) is 140 Å². The molecule has 2 aromatic rings. The Hall–Kier alpha value is -5.02. The Morgan fingerprint density at radius 2 is 1.67 bits per heavy atom. The van der Waals surface area contributed by atoms with E-state index < -0.39 is 0 Å². The maximum atomic E-state index is 6.79. The van der Waals surface area contributed by atoms with Crippen LogP contribution in [0.15, 0.2) is 183 Å². The fourth-order valence-corrected chi connectivity index (χ4v) is 9.39. The van der Waals surface area contributed by atoms with Gasteiger partial charge in [0.15, 0.2) is 0 Å². The normalized spacial score (nSPS) is 29.5. The Labute approximate surface area is 309 Å². The lowest BCUT2D eigenvalue weighted by Gasteiger charge is -2.49. The van der Waals surface area contributed by atoms with E-state index in [-0.39, 0.29) is 23.0 Å². The molecule has 52 heavy (non-hydrogen) atoms. The van der Waals surface area contributed by atoms with Crippen LogP contribution in [-0.4, -0.2) is 17.7 Å². The van der Waals surface area contributed by atoms with Crippen molar-refractivity contribution in [2.45, 2.75) is 88.7 Å². The highest BCUT2D eigenvalue weighted by molar-refractivity contribution is 6.20. The minimum atomic E-state index is -0.322. The number of aliphatic imine (C=N–C) groups is 2. The first kappa shape index (κ1) is 32.9. The van der Waals surface area contributed by atoms with Crippen LogP contribution in [0, 0.1) is 5.41 Å². The molecule has 0 aromatic heterocycles. The molecule has 2 heterocycles. The van der Waals surface area contributed by atoms with E-state index in [2.05, 4.69) is 141 Å². The summed E-state index contributed by atoms with van der Waals surface area (Å²) >= 11 is 0. The van der Waals surface area contributed by atoms with Crippen LogP contribution in [0.2, 0.25) is 0 Å². The van der Waals surface area contributed by atoms with Crippen molar-refractivity contribution in [3.63, 3.8) is 0 Å². The van der Waals surface area contributed by atoms with E-state index in [1.54, 1.807) is 0 Å². The van der Waals surface area contributed by atoms with Gasteiger partial charge in [-0.25, -0.2) is 4.99 Å². The van der Waals surface area contributed by atoms with Gasteiger partial charge in [-0.05, 0) is 86.1 Å². The van der Waals surface area contributed by atoms with E-state index in [0.29, 0.717) is 0 Å². The molecular formula is C49H48N2O. The molecule has 0 saturated carbocycles. The summed E-state index contributed by atoms with van der Waals surface area (Å²) in [6, 6.07) is 19.8. The second-order valence-electron chi connectivity index (χ2n) is 15.5. The van der Waals surface area contributed by atoms with Crippen molar-refractivity contribution >= 4 is 11.5 Å². The van der Waals surface area contributed by atoms with E-state index in [0.717, 1.165) is 79.6 Å². The molecule has 2 aromatic carbocycles. The summed E-state index contributed by atoms with van der Waals surface area (Å²) in [5.41, 5.74) is 11.8. The van der Waals surface area contributed by atoms with Crippen LogP contribution in [0.25, 0.3) is 0 Å². The molecule has 4 atom stereocenters. The van der Waals surface area contributed by atoms with Gasteiger partial charge >= 0.3 is 0 Å². The Balaban J connectivity index is 1.14. The molecule has 0 bridgehead atoms. The number of hydrogen-bond donors (Lipinski definition) is 0. The summed E-state index contributed by atoms with van der Waals surface area (Å²) in [5.74, 6) is 2.05. The maximum absolute atomic E-state index is 6.79. The molecule has 0 radical (unpaired) electrons. The maximum Gasteiger partial charge on any atom is 0.135 e. The quantitative estimate of drug-likeness (QED) is 0.280. The number of fused-ring (bicyclic) bond motifs is 1. The van der Waals surface area contributed by atoms with Crippen molar-refractivity contribution in [2.24, 2.45) is 15.4 Å². The zero-order valence-electron chi connectivity index (χ0n) is 30.4. The standard InChI is InChI=1S/C49H48N2O/c1-34-45(37-18-8-4-9-19-37)50-47(48(2)32-30-36(31-33-48)35-16-6-3-7-17-35)51-46(34)38-26-28-40(29-27-38)49(39-20-10-5-11-21-39)41-22-12-14-24-43(41)52-44-25-15-13-23-42(44)49/h3-4,6,8-9,12-14,16,18-20,22-23,26-32,43,45H,1,5,7,10-11,15,17,21,24-25,33H2,2H3/t43?,45-,48?,49?/m1/s1. The van der Waals surface area contributed by atoms with Gasteiger partial charge in [0.2, 0.25) is 0 Å². The Morgan fingerprint density at radius 1 is 0.827 bits per heavy atom. The van der Waals surface area contributed by atoms with Crippen molar-refractivity contribution in [1.29, 1.82) is 0 Å². The molecular weight excluding hydrogens is 633 g/mol. The number of benzene rings is 2. The molecule has 0 N–H and O–H groups in total. The molecule has 0 amide bonds. The summed E-state index contributed by atoms with van der Waals surface area (Å²) in [4.78, 5) is 10.8. The minimum Gasteiger partial charge on any atom is -0.490 e. The highest BCUT2D eigenvalue weighted by atomic mass is 16.5. The first-order valence-corrected chi connectivity index (χ1v) is 19.5.